The monoisotopic (exact) mass is 375 g/mol. The van der Waals surface area contributed by atoms with Gasteiger partial charge in [-0.05, 0) is 48.9 Å². The minimum Gasteiger partial charge on any atom is -0.494 e. The molecule has 3 rings (SSSR count). The number of rotatable bonds is 7. The summed E-state index contributed by atoms with van der Waals surface area (Å²) in [4.78, 5) is 28.9. The van der Waals surface area contributed by atoms with Crippen molar-refractivity contribution in [3.05, 3.63) is 89.7 Å². The molecule has 6 nitrogen and oxygen atoms in total. The van der Waals surface area contributed by atoms with Gasteiger partial charge >= 0.3 is 0 Å². The fourth-order valence-electron chi connectivity index (χ4n) is 2.57. The predicted molar refractivity (Wildman–Crippen MR) is 107 cm³/mol. The average Bonchev–Trinajstić information content (AvgIpc) is 2.74. The molecule has 2 amide bonds. The third-order valence-corrected chi connectivity index (χ3v) is 3.97. The molecule has 0 radical (unpaired) electrons. The molecule has 0 saturated heterocycles. The number of benzene rings is 2. The van der Waals surface area contributed by atoms with Crippen molar-refractivity contribution in [3.63, 3.8) is 0 Å². The zero-order valence-electron chi connectivity index (χ0n) is 15.5. The molecule has 2 N–H and O–H groups in total. The van der Waals surface area contributed by atoms with Crippen molar-refractivity contribution in [2.24, 2.45) is 0 Å². The predicted octanol–water partition coefficient (Wildman–Crippen LogP) is 3.66. The Morgan fingerprint density at radius 1 is 0.964 bits per heavy atom. The van der Waals surface area contributed by atoms with Crippen LogP contribution in [0.25, 0.3) is 0 Å². The van der Waals surface area contributed by atoms with Crippen LogP contribution in [0, 0.1) is 0 Å². The highest BCUT2D eigenvalue weighted by Crippen LogP contribution is 2.16. The molecule has 0 bridgehead atoms. The second-order valence-corrected chi connectivity index (χ2v) is 6.01. The van der Waals surface area contributed by atoms with Crippen molar-refractivity contribution in [2.75, 3.05) is 11.9 Å². The first-order chi connectivity index (χ1) is 13.7. The lowest BCUT2D eigenvalue weighted by molar-refractivity contribution is 0.0951. The molecule has 0 saturated carbocycles. The molecule has 0 unspecified atom stereocenters. The summed E-state index contributed by atoms with van der Waals surface area (Å²) < 4.78 is 5.38. The lowest BCUT2D eigenvalue weighted by Crippen LogP contribution is -2.23. The maximum atomic E-state index is 12.4. The lowest BCUT2D eigenvalue weighted by atomic mass is 10.2. The number of carbonyl (C=O) groups is 2. The number of ether oxygens (including phenoxy) is 1. The smallest absolute Gasteiger partial charge is 0.274 e. The summed E-state index contributed by atoms with van der Waals surface area (Å²) in [5.41, 5.74) is 2.16. The Morgan fingerprint density at radius 2 is 1.71 bits per heavy atom. The third-order valence-electron chi connectivity index (χ3n) is 3.97. The third kappa shape index (κ3) is 5.17. The van der Waals surface area contributed by atoms with Gasteiger partial charge in [-0.25, -0.2) is 0 Å². The van der Waals surface area contributed by atoms with E-state index in [0.717, 1.165) is 11.3 Å². The van der Waals surface area contributed by atoms with Crippen LogP contribution >= 0.6 is 0 Å². The van der Waals surface area contributed by atoms with E-state index in [9.17, 15) is 9.59 Å². The summed E-state index contributed by atoms with van der Waals surface area (Å²) in [7, 11) is 0. The number of hydrogen-bond acceptors (Lipinski definition) is 4. The SMILES string of the molecule is CCOc1ccc(NC(=O)c2cc(C(=O)NCc3ccccc3)ccn2)cc1. The van der Waals surface area contributed by atoms with Crippen molar-refractivity contribution in [1.29, 1.82) is 0 Å². The van der Waals surface area contributed by atoms with Crippen molar-refractivity contribution in [3.8, 4) is 5.75 Å². The van der Waals surface area contributed by atoms with Gasteiger partial charge in [0, 0.05) is 24.0 Å². The normalized spacial score (nSPS) is 10.2. The van der Waals surface area contributed by atoms with Crippen molar-refractivity contribution in [2.45, 2.75) is 13.5 Å². The highest BCUT2D eigenvalue weighted by Gasteiger charge is 2.12. The fourth-order valence-corrected chi connectivity index (χ4v) is 2.57. The second-order valence-electron chi connectivity index (χ2n) is 6.01. The van der Waals surface area contributed by atoms with Crippen LogP contribution in [0.15, 0.2) is 72.9 Å². The number of pyridine rings is 1. The zero-order valence-corrected chi connectivity index (χ0v) is 15.5. The second kappa shape index (κ2) is 9.32. The maximum Gasteiger partial charge on any atom is 0.274 e. The first-order valence-electron chi connectivity index (χ1n) is 8.98. The first-order valence-corrected chi connectivity index (χ1v) is 8.98. The van der Waals surface area contributed by atoms with Crippen LogP contribution in [0.2, 0.25) is 0 Å². The summed E-state index contributed by atoms with van der Waals surface area (Å²) >= 11 is 0. The number of aromatic nitrogens is 1. The van der Waals surface area contributed by atoms with Crippen LogP contribution in [0.5, 0.6) is 5.75 Å². The molecule has 3 aromatic rings. The van der Waals surface area contributed by atoms with Gasteiger partial charge in [-0.3, -0.25) is 14.6 Å². The Kier molecular flexibility index (Phi) is 6.36. The van der Waals surface area contributed by atoms with E-state index in [-0.39, 0.29) is 17.5 Å². The highest BCUT2D eigenvalue weighted by molar-refractivity contribution is 6.04. The summed E-state index contributed by atoms with van der Waals surface area (Å²) in [5.74, 6) is 0.0824. The molecule has 142 valence electrons. The molecule has 0 aliphatic carbocycles. The van der Waals surface area contributed by atoms with Gasteiger partial charge in [0.25, 0.3) is 11.8 Å². The minimum absolute atomic E-state index is 0.168. The van der Waals surface area contributed by atoms with Crippen LogP contribution in [-0.4, -0.2) is 23.4 Å². The molecule has 1 heterocycles. The Balaban J connectivity index is 1.63. The number of carbonyl (C=O) groups excluding carboxylic acids is 2. The molecule has 0 aliphatic rings. The van der Waals surface area contributed by atoms with E-state index in [1.807, 2.05) is 37.3 Å². The summed E-state index contributed by atoms with van der Waals surface area (Å²) in [6.45, 7) is 2.90. The molecule has 6 heteroatoms. The van der Waals surface area contributed by atoms with E-state index in [0.29, 0.717) is 24.4 Å². The molecule has 28 heavy (non-hydrogen) atoms. The van der Waals surface area contributed by atoms with E-state index in [1.165, 1.54) is 12.3 Å². The summed E-state index contributed by atoms with van der Waals surface area (Å²) in [6, 6.07) is 19.7. The zero-order chi connectivity index (χ0) is 19.8. The standard InChI is InChI=1S/C22H21N3O3/c1-2-28-19-10-8-18(9-11-19)25-22(27)20-14-17(12-13-23-20)21(26)24-15-16-6-4-3-5-7-16/h3-14H,2,15H2,1H3,(H,24,26)(H,25,27). The summed E-state index contributed by atoms with van der Waals surface area (Å²) in [5, 5.41) is 5.60. The molecule has 0 aliphatic heterocycles. The highest BCUT2D eigenvalue weighted by atomic mass is 16.5. The van der Waals surface area contributed by atoms with Crippen LogP contribution < -0.4 is 15.4 Å². The van der Waals surface area contributed by atoms with E-state index >= 15 is 0 Å². The van der Waals surface area contributed by atoms with Gasteiger partial charge in [-0.2, -0.15) is 0 Å². The van der Waals surface area contributed by atoms with E-state index in [1.54, 1.807) is 30.3 Å². The van der Waals surface area contributed by atoms with Crippen molar-refractivity contribution in [1.82, 2.24) is 10.3 Å². The Labute approximate surface area is 163 Å². The number of nitrogens with one attached hydrogen (secondary N) is 2. The van der Waals surface area contributed by atoms with Gasteiger partial charge in [0.2, 0.25) is 0 Å². The molecular formula is C22H21N3O3. The number of nitrogens with zero attached hydrogens (tertiary/aromatic N) is 1. The average molecular weight is 375 g/mol. The molecule has 1 aromatic heterocycles. The summed E-state index contributed by atoms with van der Waals surface area (Å²) in [6.07, 6.45) is 1.45. The van der Waals surface area contributed by atoms with Crippen LogP contribution in [0.4, 0.5) is 5.69 Å². The Morgan fingerprint density at radius 3 is 2.43 bits per heavy atom. The molecule has 0 spiro atoms. The molecule has 0 fully saturated rings. The fraction of sp³-hybridized carbons (Fsp3) is 0.136. The van der Waals surface area contributed by atoms with Gasteiger partial charge in [0.15, 0.2) is 0 Å². The van der Waals surface area contributed by atoms with Gasteiger partial charge in [0.1, 0.15) is 11.4 Å². The van der Waals surface area contributed by atoms with Gasteiger partial charge in [-0.1, -0.05) is 30.3 Å². The molecule has 0 atom stereocenters. The Bertz CT molecular complexity index is 941. The van der Waals surface area contributed by atoms with Crippen LogP contribution in [0.3, 0.4) is 0 Å². The van der Waals surface area contributed by atoms with Gasteiger partial charge < -0.3 is 15.4 Å². The van der Waals surface area contributed by atoms with Crippen LogP contribution in [0.1, 0.15) is 33.3 Å². The van der Waals surface area contributed by atoms with E-state index in [2.05, 4.69) is 15.6 Å². The molecular weight excluding hydrogens is 354 g/mol. The number of hydrogen-bond donors (Lipinski definition) is 2. The van der Waals surface area contributed by atoms with Gasteiger partial charge in [-0.15, -0.1) is 0 Å². The van der Waals surface area contributed by atoms with Crippen molar-refractivity contribution >= 4 is 17.5 Å². The quantitative estimate of drug-likeness (QED) is 0.660. The lowest BCUT2D eigenvalue weighted by Gasteiger charge is -2.08. The first kappa shape index (κ1) is 19.1. The number of amides is 2. The number of anilines is 1. The minimum atomic E-state index is -0.387. The van der Waals surface area contributed by atoms with E-state index in [4.69, 9.17) is 4.74 Å². The Hall–Kier alpha value is -3.67. The van der Waals surface area contributed by atoms with E-state index < -0.39 is 0 Å². The van der Waals surface area contributed by atoms with Crippen LogP contribution in [-0.2, 0) is 6.54 Å². The van der Waals surface area contributed by atoms with Crippen molar-refractivity contribution < 1.29 is 14.3 Å². The van der Waals surface area contributed by atoms with Gasteiger partial charge in [0.05, 0.1) is 6.61 Å². The largest absolute Gasteiger partial charge is 0.494 e. The topological polar surface area (TPSA) is 80.3 Å². The molecule has 2 aromatic carbocycles. The maximum absolute atomic E-state index is 12.4.